The van der Waals surface area contributed by atoms with Gasteiger partial charge in [0.25, 0.3) is 0 Å². The Kier molecular flexibility index (Phi) is 5.91. The molecule has 0 fully saturated rings. The molecule has 0 spiro atoms. The van der Waals surface area contributed by atoms with Gasteiger partial charge in [-0.1, -0.05) is 41.9 Å². The highest BCUT2D eigenvalue weighted by Gasteiger charge is 2.20. The first-order valence-electron chi connectivity index (χ1n) is 8.19. The second kappa shape index (κ2) is 8.34. The summed E-state index contributed by atoms with van der Waals surface area (Å²) in [7, 11) is 0. The maximum Gasteiger partial charge on any atom is 0.200 e. The SMILES string of the molecule is CC(C)Oc1ccc(C2=NC(COCc3ccccc3)ON2)cc1Cl. The van der Waals surface area contributed by atoms with Crippen LogP contribution < -0.4 is 10.2 Å². The van der Waals surface area contributed by atoms with Crippen LogP contribution in [-0.2, 0) is 16.2 Å². The highest BCUT2D eigenvalue weighted by Crippen LogP contribution is 2.27. The molecule has 2 aromatic carbocycles. The van der Waals surface area contributed by atoms with Gasteiger partial charge in [0.05, 0.1) is 24.3 Å². The average molecular weight is 361 g/mol. The van der Waals surface area contributed by atoms with Crippen molar-refractivity contribution in [3.63, 3.8) is 0 Å². The zero-order valence-electron chi connectivity index (χ0n) is 14.2. The maximum atomic E-state index is 6.27. The lowest BCUT2D eigenvalue weighted by Gasteiger charge is -2.12. The zero-order chi connectivity index (χ0) is 17.6. The summed E-state index contributed by atoms with van der Waals surface area (Å²) in [6.07, 6.45) is -0.316. The van der Waals surface area contributed by atoms with E-state index >= 15 is 0 Å². The topological polar surface area (TPSA) is 52.1 Å². The van der Waals surface area contributed by atoms with E-state index in [9.17, 15) is 0 Å². The molecule has 0 bridgehead atoms. The van der Waals surface area contributed by atoms with E-state index < -0.39 is 0 Å². The first kappa shape index (κ1) is 17.7. The fraction of sp³-hybridized carbons (Fsp3) is 0.316. The molecule has 0 amide bonds. The number of hydroxylamine groups is 1. The summed E-state index contributed by atoms with van der Waals surface area (Å²) < 4.78 is 11.3. The highest BCUT2D eigenvalue weighted by atomic mass is 35.5. The van der Waals surface area contributed by atoms with Gasteiger partial charge in [0.15, 0.2) is 12.1 Å². The number of benzene rings is 2. The normalized spacial score (nSPS) is 16.6. The van der Waals surface area contributed by atoms with Gasteiger partial charge in [0.2, 0.25) is 0 Å². The van der Waals surface area contributed by atoms with E-state index in [1.165, 1.54) is 0 Å². The van der Waals surface area contributed by atoms with Gasteiger partial charge < -0.3 is 9.47 Å². The van der Waals surface area contributed by atoms with E-state index in [1.54, 1.807) is 0 Å². The predicted molar refractivity (Wildman–Crippen MR) is 97.9 cm³/mol. The van der Waals surface area contributed by atoms with Crippen LogP contribution in [0.2, 0.25) is 5.02 Å². The van der Waals surface area contributed by atoms with Crippen LogP contribution in [0.3, 0.4) is 0 Å². The molecule has 1 heterocycles. The summed E-state index contributed by atoms with van der Waals surface area (Å²) in [4.78, 5) is 9.92. The first-order valence-corrected chi connectivity index (χ1v) is 8.57. The van der Waals surface area contributed by atoms with Gasteiger partial charge in [0, 0.05) is 5.56 Å². The Morgan fingerprint density at radius 2 is 2.00 bits per heavy atom. The van der Waals surface area contributed by atoms with Crippen molar-refractivity contribution in [1.82, 2.24) is 5.48 Å². The molecule has 0 radical (unpaired) electrons. The van der Waals surface area contributed by atoms with E-state index in [4.69, 9.17) is 25.9 Å². The minimum absolute atomic E-state index is 0.0692. The summed E-state index contributed by atoms with van der Waals surface area (Å²) in [6.45, 7) is 4.81. The third kappa shape index (κ3) is 4.95. The quantitative estimate of drug-likeness (QED) is 0.812. The molecule has 0 aliphatic carbocycles. The van der Waals surface area contributed by atoms with Crippen molar-refractivity contribution >= 4 is 17.4 Å². The van der Waals surface area contributed by atoms with Crippen LogP contribution in [0.1, 0.15) is 25.0 Å². The van der Waals surface area contributed by atoms with Gasteiger partial charge in [-0.05, 0) is 37.6 Å². The Hall–Kier alpha value is -2.08. The van der Waals surface area contributed by atoms with Crippen LogP contribution >= 0.6 is 11.6 Å². The Morgan fingerprint density at radius 3 is 2.72 bits per heavy atom. The van der Waals surface area contributed by atoms with Crippen molar-refractivity contribution in [3.8, 4) is 5.75 Å². The van der Waals surface area contributed by atoms with Crippen LogP contribution in [0, 0.1) is 0 Å². The molecule has 132 valence electrons. The lowest BCUT2D eigenvalue weighted by atomic mass is 10.2. The van der Waals surface area contributed by atoms with Crippen molar-refractivity contribution in [2.75, 3.05) is 6.61 Å². The number of rotatable bonds is 7. The molecule has 0 aromatic heterocycles. The van der Waals surface area contributed by atoms with Crippen LogP contribution in [0.15, 0.2) is 53.5 Å². The van der Waals surface area contributed by atoms with Crippen molar-refractivity contribution in [2.24, 2.45) is 4.99 Å². The van der Waals surface area contributed by atoms with E-state index in [1.807, 2.05) is 62.4 Å². The Balaban J connectivity index is 1.57. The van der Waals surface area contributed by atoms with Crippen molar-refractivity contribution in [2.45, 2.75) is 32.8 Å². The molecule has 0 saturated heterocycles. The lowest BCUT2D eigenvalue weighted by Crippen LogP contribution is -2.21. The molecule has 5 nitrogen and oxygen atoms in total. The van der Waals surface area contributed by atoms with Crippen LogP contribution in [0.5, 0.6) is 5.75 Å². The number of nitrogens with one attached hydrogen (secondary N) is 1. The van der Waals surface area contributed by atoms with E-state index in [2.05, 4.69) is 10.5 Å². The third-order valence-corrected chi connectivity index (χ3v) is 3.80. The van der Waals surface area contributed by atoms with Crippen molar-refractivity contribution in [1.29, 1.82) is 0 Å². The molecule has 3 rings (SSSR count). The number of nitrogens with zero attached hydrogens (tertiary/aromatic N) is 1. The molecule has 1 atom stereocenters. The van der Waals surface area contributed by atoms with Gasteiger partial charge in [-0.3, -0.25) is 0 Å². The van der Waals surface area contributed by atoms with Gasteiger partial charge >= 0.3 is 0 Å². The largest absolute Gasteiger partial charge is 0.489 e. The Labute approximate surface area is 152 Å². The standard InChI is InChI=1S/C19H21ClN2O3/c1-13(2)24-17-9-8-15(10-16(17)20)19-21-18(25-22-19)12-23-11-14-6-4-3-5-7-14/h3-10,13,18H,11-12H2,1-2H3,(H,21,22). The average Bonchev–Trinajstić information content (AvgIpc) is 3.06. The minimum Gasteiger partial charge on any atom is -0.489 e. The van der Waals surface area contributed by atoms with E-state index in [0.717, 1.165) is 11.1 Å². The fourth-order valence-corrected chi connectivity index (χ4v) is 2.60. The summed E-state index contributed by atoms with van der Waals surface area (Å²) >= 11 is 6.27. The number of aliphatic imine (C=N–C) groups is 1. The van der Waals surface area contributed by atoms with E-state index in [-0.39, 0.29) is 12.3 Å². The van der Waals surface area contributed by atoms with Crippen LogP contribution in [-0.4, -0.2) is 24.8 Å². The van der Waals surface area contributed by atoms with Gasteiger partial charge in [-0.15, -0.1) is 0 Å². The lowest BCUT2D eigenvalue weighted by molar-refractivity contribution is -0.0278. The monoisotopic (exact) mass is 360 g/mol. The number of hydrogen-bond acceptors (Lipinski definition) is 5. The van der Waals surface area contributed by atoms with Crippen LogP contribution in [0.4, 0.5) is 0 Å². The second-order valence-corrected chi connectivity index (χ2v) is 6.37. The second-order valence-electron chi connectivity index (χ2n) is 5.96. The summed E-state index contributed by atoms with van der Waals surface area (Å²) in [5.41, 5.74) is 4.79. The number of ether oxygens (including phenoxy) is 2. The number of amidine groups is 1. The van der Waals surface area contributed by atoms with Gasteiger partial charge in [-0.25, -0.2) is 15.3 Å². The predicted octanol–water partition coefficient (Wildman–Crippen LogP) is 3.95. The molecule has 0 saturated carbocycles. The summed E-state index contributed by atoms with van der Waals surface area (Å²) in [6, 6.07) is 15.5. The number of halogens is 1. The minimum atomic E-state index is -0.385. The molecule has 1 aliphatic heterocycles. The van der Waals surface area contributed by atoms with Crippen molar-refractivity contribution < 1.29 is 14.3 Å². The molecular formula is C19H21ClN2O3. The molecular weight excluding hydrogens is 340 g/mol. The molecule has 6 heteroatoms. The summed E-state index contributed by atoms with van der Waals surface area (Å²) in [5.74, 6) is 1.29. The molecule has 1 unspecified atom stereocenters. The molecule has 1 aliphatic rings. The van der Waals surface area contributed by atoms with Gasteiger partial charge in [0.1, 0.15) is 5.75 Å². The number of hydrogen-bond donors (Lipinski definition) is 1. The first-order chi connectivity index (χ1) is 12.1. The maximum absolute atomic E-state index is 6.27. The van der Waals surface area contributed by atoms with Crippen LogP contribution in [0.25, 0.3) is 0 Å². The molecule has 2 aromatic rings. The summed E-state index contributed by atoms with van der Waals surface area (Å²) in [5, 5.41) is 0.541. The van der Waals surface area contributed by atoms with Crippen molar-refractivity contribution in [3.05, 3.63) is 64.7 Å². The van der Waals surface area contributed by atoms with E-state index in [0.29, 0.717) is 29.8 Å². The zero-order valence-corrected chi connectivity index (χ0v) is 15.0. The smallest absolute Gasteiger partial charge is 0.200 e. The fourth-order valence-electron chi connectivity index (χ4n) is 2.37. The molecule has 25 heavy (non-hydrogen) atoms. The molecule has 1 N–H and O–H groups in total. The third-order valence-electron chi connectivity index (χ3n) is 3.50. The Bertz CT molecular complexity index is 735. The highest BCUT2D eigenvalue weighted by molar-refractivity contribution is 6.32. The Morgan fingerprint density at radius 1 is 1.20 bits per heavy atom. The van der Waals surface area contributed by atoms with Gasteiger partial charge in [-0.2, -0.15) is 0 Å².